The monoisotopic (exact) mass is 266 g/mol. The van der Waals surface area contributed by atoms with Crippen molar-refractivity contribution in [3.63, 3.8) is 0 Å². The maximum atomic E-state index is 6.08. The van der Waals surface area contributed by atoms with Crippen molar-refractivity contribution in [2.24, 2.45) is 5.41 Å². The van der Waals surface area contributed by atoms with E-state index in [0.717, 1.165) is 11.8 Å². The maximum Gasteiger partial charge on any atom is 0.0291 e. The van der Waals surface area contributed by atoms with Gasteiger partial charge >= 0.3 is 0 Å². The lowest BCUT2D eigenvalue weighted by atomic mass is 9.82. The van der Waals surface area contributed by atoms with E-state index in [1.54, 1.807) is 0 Å². The summed E-state index contributed by atoms with van der Waals surface area (Å²) in [5.74, 6) is 1.44. The van der Waals surface area contributed by atoms with Crippen LogP contribution in [0.5, 0.6) is 0 Å². The Hall–Kier alpha value is 0.580. The Balaban J connectivity index is 3.67. The fraction of sp³-hybridized carbons (Fsp3) is 1.00. The van der Waals surface area contributed by atoms with Gasteiger partial charge < -0.3 is 0 Å². The average molecular weight is 267 g/mol. The van der Waals surface area contributed by atoms with Crippen molar-refractivity contribution in [2.45, 2.75) is 71.6 Å². The van der Waals surface area contributed by atoms with Gasteiger partial charge in [0.1, 0.15) is 0 Å². The van der Waals surface area contributed by atoms with Crippen LogP contribution in [0, 0.1) is 5.41 Å². The van der Waals surface area contributed by atoms with E-state index in [2.05, 4.69) is 13.8 Å². The van der Waals surface area contributed by atoms with Gasteiger partial charge in [-0.1, -0.05) is 58.8 Å². The Morgan fingerprint density at radius 3 is 1.75 bits per heavy atom. The highest BCUT2D eigenvalue weighted by atomic mass is 35.5. The van der Waals surface area contributed by atoms with Crippen LogP contribution in [0.2, 0.25) is 0 Å². The minimum absolute atomic E-state index is 0.211. The molecule has 0 amide bonds. The fourth-order valence-electron chi connectivity index (χ4n) is 2.24. The lowest BCUT2D eigenvalue weighted by molar-refractivity contribution is 0.302. The first-order valence-corrected chi connectivity index (χ1v) is 7.93. The van der Waals surface area contributed by atoms with E-state index in [4.69, 9.17) is 23.2 Å². The third kappa shape index (κ3) is 7.01. The van der Waals surface area contributed by atoms with Gasteiger partial charge in [-0.3, -0.25) is 0 Å². The minimum atomic E-state index is 0.211. The molecule has 0 aliphatic carbocycles. The number of hydrogen-bond acceptors (Lipinski definition) is 0. The summed E-state index contributed by atoms with van der Waals surface area (Å²) in [7, 11) is 0. The zero-order chi connectivity index (χ0) is 12.3. The van der Waals surface area contributed by atoms with Crippen LogP contribution < -0.4 is 0 Å². The molecule has 0 N–H and O–H groups in total. The van der Waals surface area contributed by atoms with E-state index in [-0.39, 0.29) is 5.41 Å². The Bertz CT molecular complexity index is 142. The van der Waals surface area contributed by atoms with Gasteiger partial charge in [-0.05, 0) is 18.3 Å². The molecular formula is C14H28Cl2. The first-order valence-electron chi connectivity index (χ1n) is 6.86. The Morgan fingerprint density at radius 2 is 1.25 bits per heavy atom. The summed E-state index contributed by atoms with van der Waals surface area (Å²) in [6.07, 6.45) is 11.7. The second-order valence-electron chi connectivity index (χ2n) is 5.04. The number of alkyl halides is 2. The van der Waals surface area contributed by atoms with Gasteiger partial charge in [-0.2, -0.15) is 0 Å². The number of hydrogen-bond donors (Lipinski definition) is 0. The van der Waals surface area contributed by atoms with Crippen molar-refractivity contribution >= 4 is 23.2 Å². The molecule has 0 aromatic carbocycles. The normalized spacial score (nSPS) is 12.0. The minimum Gasteiger partial charge on any atom is -0.126 e. The van der Waals surface area contributed by atoms with Crippen LogP contribution in [0.4, 0.5) is 0 Å². The van der Waals surface area contributed by atoms with Crippen molar-refractivity contribution < 1.29 is 0 Å². The standard InChI is InChI=1S/C14H28Cl2/c1-3-5-6-7-8-9-11-14(12-15,13-16)10-4-2/h3-13H2,1-2H3. The SMILES string of the molecule is CCCCCCCCC(CCl)(CCl)CCC. The van der Waals surface area contributed by atoms with Crippen LogP contribution in [0.25, 0.3) is 0 Å². The molecule has 0 heterocycles. The van der Waals surface area contributed by atoms with E-state index in [9.17, 15) is 0 Å². The predicted octanol–water partition coefficient (Wildman–Crippen LogP) is 6.00. The van der Waals surface area contributed by atoms with E-state index >= 15 is 0 Å². The van der Waals surface area contributed by atoms with Gasteiger partial charge in [0.15, 0.2) is 0 Å². The third-order valence-corrected chi connectivity index (χ3v) is 4.54. The van der Waals surface area contributed by atoms with Crippen LogP contribution in [-0.2, 0) is 0 Å². The molecule has 98 valence electrons. The van der Waals surface area contributed by atoms with Crippen LogP contribution in [0.3, 0.4) is 0 Å². The Morgan fingerprint density at radius 1 is 0.688 bits per heavy atom. The quantitative estimate of drug-likeness (QED) is 0.318. The van der Waals surface area contributed by atoms with Crippen LogP contribution in [0.1, 0.15) is 71.6 Å². The molecule has 0 nitrogen and oxygen atoms in total. The molecule has 0 saturated carbocycles. The highest BCUT2D eigenvalue weighted by molar-refractivity contribution is 6.21. The largest absolute Gasteiger partial charge is 0.126 e. The van der Waals surface area contributed by atoms with Crippen LogP contribution in [0.15, 0.2) is 0 Å². The molecule has 0 spiro atoms. The second kappa shape index (κ2) is 10.7. The molecular weight excluding hydrogens is 239 g/mol. The van der Waals surface area contributed by atoms with Gasteiger partial charge in [-0.15, -0.1) is 23.2 Å². The molecule has 0 radical (unpaired) electrons. The van der Waals surface area contributed by atoms with Crippen LogP contribution in [-0.4, -0.2) is 11.8 Å². The molecule has 0 fully saturated rings. The van der Waals surface area contributed by atoms with E-state index < -0.39 is 0 Å². The number of rotatable bonds is 11. The average Bonchev–Trinajstić information content (AvgIpc) is 2.32. The van der Waals surface area contributed by atoms with Gasteiger partial charge in [-0.25, -0.2) is 0 Å². The predicted molar refractivity (Wildman–Crippen MR) is 76.8 cm³/mol. The Kier molecular flexibility index (Phi) is 11.1. The molecule has 0 saturated heterocycles. The molecule has 16 heavy (non-hydrogen) atoms. The molecule has 0 aliphatic heterocycles. The molecule has 0 aliphatic rings. The second-order valence-corrected chi connectivity index (χ2v) is 5.57. The highest BCUT2D eigenvalue weighted by Crippen LogP contribution is 2.33. The molecule has 0 aromatic rings. The van der Waals surface area contributed by atoms with Crippen molar-refractivity contribution in [1.29, 1.82) is 0 Å². The molecule has 0 atom stereocenters. The summed E-state index contributed by atoms with van der Waals surface area (Å²) in [6.45, 7) is 4.47. The lowest BCUT2D eigenvalue weighted by Gasteiger charge is -2.29. The summed E-state index contributed by atoms with van der Waals surface area (Å²) in [5.41, 5.74) is 0.211. The van der Waals surface area contributed by atoms with E-state index in [1.165, 1.54) is 57.8 Å². The van der Waals surface area contributed by atoms with Gasteiger partial charge in [0, 0.05) is 11.8 Å². The number of unbranched alkanes of at least 4 members (excludes halogenated alkanes) is 5. The first-order chi connectivity index (χ1) is 7.74. The van der Waals surface area contributed by atoms with Crippen molar-refractivity contribution in [3.05, 3.63) is 0 Å². The van der Waals surface area contributed by atoms with Gasteiger partial charge in [0.2, 0.25) is 0 Å². The van der Waals surface area contributed by atoms with Gasteiger partial charge in [0.05, 0.1) is 0 Å². The van der Waals surface area contributed by atoms with Crippen molar-refractivity contribution in [1.82, 2.24) is 0 Å². The fourth-order valence-corrected chi connectivity index (χ4v) is 3.06. The summed E-state index contributed by atoms with van der Waals surface area (Å²) in [6, 6.07) is 0. The molecule has 0 bridgehead atoms. The first kappa shape index (κ1) is 16.6. The van der Waals surface area contributed by atoms with Crippen molar-refractivity contribution in [3.8, 4) is 0 Å². The number of halogens is 2. The van der Waals surface area contributed by atoms with Gasteiger partial charge in [0.25, 0.3) is 0 Å². The molecule has 0 rings (SSSR count). The topological polar surface area (TPSA) is 0 Å². The third-order valence-electron chi connectivity index (χ3n) is 3.41. The summed E-state index contributed by atoms with van der Waals surface area (Å²) < 4.78 is 0. The summed E-state index contributed by atoms with van der Waals surface area (Å²) in [4.78, 5) is 0. The molecule has 0 unspecified atom stereocenters. The summed E-state index contributed by atoms with van der Waals surface area (Å²) in [5, 5.41) is 0. The highest BCUT2D eigenvalue weighted by Gasteiger charge is 2.26. The molecule has 2 heteroatoms. The Labute approximate surface area is 112 Å². The lowest BCUT2D eigenvalue weighted by Crippen LogP contribution is -2.25. The van der Waals surface area contributed by atoms with Crippen molar-refractivity contribution in [2.75, 3.05) is 11.8 Å². The zero-order valence-corrected chi connectivity index (χ0v) is 12.5. The van der Waals surface area contributed by atoms with E-state index in [1.807, 2.05) is 0 Å². The van der Waals surface area contributed by atoms with E-state index in [0.29, 0.717) is 0 Å². The molecule has 0 aromatic heterocycles. The smallest absolute Gasteiger partial charge is 0.0291 e. The summed E-state index contributed by atoms with van der Waals surface area (Å²) >= 11 is 12.2. The zero-order valence-electron chi connectivity index (χ0n) is 11.0. The maximum absolute atomic E-state index is 6.08. The van der Waals surface area contributed by atoms with Crippen LogP contribution >= 0.6 is 23.2 Å².